The van der Waals surface area contributed by atoms with Gasteiger partial charge in [-0.3, -0.25) is 4.79 Å². The van der Waals surface area contributed by atoms with Crippen LogP contribution in [0.1, 0.15) is 26.7 Å². The minimum absolute atomic E-state index is 0.0233. The van der Waals surface area contributed by atoms with Gasteiger partial charge < -0.3 is 14.6 Å². The maximum atomic E-state index is 11.2. The summed E-state index contributed by atoms with van der Waals surface area (Å²) >= 11 is 0. The van der Waals surface area contributed by atoms with Crippen molar-refractivity contribution in [1.82, 2.24) is 0 Å². The highest BCUT2D eigenvalue weighted by molar-refractivity contribution is 5.78. The molecule has 1 heterocycles. The number of aliphatic hydroxyl groups excluding tert-OH is 1. The molecule has 1 saturated heterocycles. The first-order valence-electron chi connectivity index (χ1n) is 5.03. The SMILES string of the molecule is CC(C)COC(=O)CC1CC(O)C(=O)O1. The van der Waals surface area contributed by atoms with E-state index in [1.165, 1.54) is 0 Å². The molecule has 5 nitrogen and oxygen atoms in total. The molecule has 1 N–H and O–H groups in total. The van der Waals surface area contributed by atoms with Crippen molar-refractivity contribution in [3.05, 3.63) is 0 Å². The van der Waals surface area contributed by atoms with Crippen LogP contribution in [0.5, 0.6) is 0 Å². The second-order valence-electron chi connectivity index (χ2n) is 4.09. The van der Waals surface area contributed by atoms with Crippen LogP contribution in [-0.2, 0) is 19.1 Å². The molecule has 1 rings (SSSR count). The van der Waals surface area contributed by atoms with Gasteiger partial charge in [-0.2, -0.15) is 0 Å². The molecule has 0 aromatic rings. The van der Waals surface area contributed by atoms with E-state index in [-0.39, 0.29) is 18.8 Å². The second-order valence-corrected chi connectivity index (χ2v) is 4.09. The molecule has 2 unspecified atom stereocenters. The first kappa shape index (κ1) is 12.0. The summed E-state index contributed by atoms with van der Waals surface area (Å²) in [5, 5.41) is 9.07. The summed E-state index contributed by atoms with van der Waals surface area (Å²) in [6, 6.07) is 0. The van der Waals surface area contributed by atoms with Gasteiger partial charge in [-0.1, -0.05) is 13.8 Å². The van der Waals surface area contributed by atoms with Gasteiger partial charge in [-0.25, -0.2) is 4.79 Å². The maximum Gasteiger partial charge on any atom is 0.335 e. The number of aliphatic hydroxyl groups is 1. The first-order valence-corrected chi connectivity index (χ1v) is 5.03. The third-order valence-electron chi connectivity index (χ3n) is 2.01. The molecule has 0 aliphatic carbocycles. The molecule has 1 fully saturated rings. The van der Waals surface area contributed by atoms with E-state index in [2.05, 4.69) is 0 Å². The predicted molar refractivity (Wildman–Crippen MR) is 50.9 cm³/mol. The fraction of sp³-hybridized carbons (Fsp3) is 0.800. The number of carbonyl (C=O) groups is 2. The summed E-state index contributed by atoms with van der Waals surface area (Å²) in [6.07, 6.45) is -1.43. The lowest BCUT2D eigenvalue weighted by Crippen LogP contribution is -2.17. The zero-order valence-corrected chi connectivity index (χ0v) is 8.93. The lowest BCUT2D eigenvalue weighted by molar-refractivity contribution is -0.152. The zero-order chi connectivity index (χ0) is 11.4. The van der Waals surface area contributed by atoms with Crippen LogP contribution in [0.15, 0.2) is 0 Å². The molecular formula is C10H16O5. The van der Waals surface area contributed by atoms with Gasteiger partial charge in [-0.15, -0.1) is 0 Å². The Bertz CT molecular complexity index is 248. The number of hydrogen-bond acceptors (Lipinski definition) is 5. The van der Waals surface area contributed by atoms with E-state index in [4.69, 9.17) is 14.6 Å². The molecule has 1 aliphatic rings. The molecule has 15 heavy (non-hydrogen) atoms. The number of cyclic esters (lactones) is 1. The van der Waals surface area contributed by atoms with E-state index < -0.39 is 24.1 Å². The van der Waals surface area contributed by atoms with Crippen molar-refractivity contribution >= 4 is 11.9 Å². The van der Waals surface area contributed by atoms with Crippen LogP contribution in [0, 0.1) is 5.92 Å². The Hall–Kier alpha value is -1.10. The average Bonchev–Trinajstić information content (AvgIpc) is 2.42. The standard InChI is InChI=1S/C10H16O5/c1-6(2)5-14-9(12)4-7-3-8(11)10(13)15-7/h6-8,11H,3-5H2,1-2H3. The van der Waals surface area contributed by atoms with Crippen molar-refractivity contribution in [3.8, 4) is 0 Å². The molecule has 0 saturated carbocycles. The zero-order valence-electron chi connectivity index (χ0n) is 8.93. The van der Waals surface area contributed by atoms with Gasteiger partial charge in [0.2, 0.25) is 0 Å². The third kappa shape index (κ3) is 3.87. The first-order chi connectivity index (χ1) is 6.99. The van der Waals surface area contributed by atoms with Crippen LogP contribution in [0.25, 0.3) is 0 Å². The van der Waals surface area contributed by atoms with E-state index in [1.54, 1.807) is 0 Å². The Morgan fingerprint density at radius 3 is 2.80 bits per heavy atom. The Labute approximate surface area is 88.4 Å². The maximum absolute atomic E-state index is 11.2. The molecule has 0 aromatic carbocycles. The van der Waals surface area contributed by atoms with E-state index in [0.29, 0.717) is 6.61 Å². The number of hydrogen-bond donors (Lipinski definition) is 1. The Morgan fingerprint density at radius 2 is 2.33 bits per heavy atom. The highest BCUT2D eigenvalue weighted by atomic mass is 16.6. The lowest BCUT2D eigenvalue weighted by atomic mass is 10.1. The average molecular weight is 216 g/mol. The lowest BCUT2D eigenvalue weighted by Gasteiger charge is -2.10. The van der Waals surface area contributed by atoms with E-state index in [1.807, 2.05) is 13.8 Å². The van der Waals surface area contributed by atoms with Gasteiger partial charge in [0.1, 0.15) is 6.10 Å². The van der Waals surface area contributed by atoms with Crippen molar-refractivity contribution in [1.29, 1.82) is 0 Å². The summed E-state index contributed by atoms with van der Waals surface area (Å²) in [5.41, 5.74) is 0. The van der Waals surface area contributed by atoms with Gasteiger partial charge >= 0.3 is 11.9 Å². The van der Waals surface area contributed by atoms with Gasteiger partial charge in [0.15, 0.2) is 6.10 Å². The van der Waals surface area contributed by atoms with Crippen LogP contribution < -0.4 is 0 Å². The number of rotatable bonds is 4. The summed E-state index contributed by atoms with van der Waals surface area (Å²) < 4.78 is 9.69. The molecule has 2 atom stereocenters. The van der Waals surface area contributed by atoms with Gasteiger partial charge in [0, 0.05) is 6.42 Å². The van der Waals surface area contributed by atoms with Gasteiger partial charge in [0.25, 0.3) is 0 Å². The molecule has 86 valence electrons. The van der Waals surface area contributed by atoms with Crippen LogP contribution in [-0.4, -0.2) is 35.9 Å². The monoisotopic (exact) mass is 216 g/mol. The fourth-order valence-electron chi connectivity index (χ4n) is 1.27. The molecule has 0 spiro atoms. The topological polar surface area (TPSA) is 72.8 Å². The van der Waals surface area contributed by atoms with Crippen molar-refractivity contribution in [2.45, 2.75) is 38.9 Å². The Morgan fingerprint density at radius 1 is 1.67 bits per heavy atom. The highest BCUT2D eigenvalue weighted by Crippen LogP contribution is 2.18. The van der Waals surface area contributed by atoms with Gasteiger partial charge in [-0.05, 0) is 5.92 Å². The molecule has 5 heteroatoms. The van der Waals surface area contributed by atoms with Crippen molar-refractivity contribution in [2.75, 3.05) is 6.61 Å². The second kappa shape index (κ2) is 5.11. The normalized spacial score (nSPS) is 25.5. The number of ether oxygens (including phenoxy) is 2. The van der Waals surface area contributed by atoms with Crippen molar-refractivity contribution < 1.29 is 24.2 Å². The summed E-state index contributed by atoms with van der Waals surface area (Å²) in [6.45, 7) is 4.24. The molecule has 0 radical (unpaired) electrons. The molecule has 0 aromatic heterocycles. The summed E-state index contributed by atoms with van der Waals surface area (Å²) in [4.78, 5) is 22.0. The fourth-order valence-corrected chi connectivity index (χ4v) is 1.27. The van der Waals surface area contributed by atoms with Gasteiger partial charge in [0.05, 0.1) is 13.0 Å². The predicted octanol–water partition coefficient (Wildman–Crippen LogP) is 0.252. The van der Waals surface area contributed by atoms with E-state index in [0.717, 1.165) is 0 Å². The third-order valence-corrected chi connectivity index (χ3v) is 2.01. The minimum Gasteiger partial charge on any atom is -0.465 e. The van der Waals surface area contributed by atoms with Crippen LogP contribution in [0.3, 0.4) is 0 Å². The molecular weight excluding hydrogens is 200 g/mol. The molecule has 1 aliphatic heterocycles. The highest BCUT2D eigenvalue weighted by Gasteiger charge is 2.34. The quantitative estimate of drug-likeness (QED) is 0.682. The Kier molecular flexibility index (Phi) is 4.08. The number of esters is 2. The van der Waals surface area contributed by atoms with Crippen molar-refractivity contribution in [3.63, 3.8) is 0 Å². The van der Waals surface area contributed by atoms with Crippen LogP contribution >= 0.6 is 0 Å². The van der Waals surface area contributed by atoms with E-state index >= 15 is 0 Å². The van der Waals surface area contributed by atoms with Crippen LogP contribution in [0.2, 0.25) is 0 Å². The largest absolute Gasteiger partial charge is 0.465 e. The summed E-state index contributed by atoms with van der Waals surface area (Å²) in [7, 11) is 0. The smallest absolute Gasteiger partial charge is 0.335 e. The Balaban J connectivity index is 2.24. The van der Waals surface area contributed by atoms with Crippen LogP contribution in [0.4, 0.5) is 0 Å². The molecule has 0 bridgehead atoms. The minimum atomic E-state index is -1.09. The molecule has 0 amide bonds. The summed E-state index contributed by atoms with van der Waals surface area (Å²) in [5.74, 6) is -0.766. The number of carbonyl (C=O) groups excluding carboxylic acids is 2. The van der Waals surface area contributed by atoms with E-state index in [9.17, 15) is 9.59 Å². The van der Waals surface area contributed by atoms with Crippen molar-refractivity contribution in [2.24, 2.45) is 5.92 Å².